The molecule has 1 saturated heterocycles. The van der Waals surface area contributed by atoms with Crippen LogP contribution in [0.5, 0.6) is 5.75 Å². The number of rotatable bonds is 7. The Morgan fingerprint density at radius 2 is 2.06 bits per heavy atom. The minimum absolute atomic E-state index is 0.0302. The van der Waals surface area contributed by atoms with E-state index in [4.69, 9.17) is 17.3 Å². The number of nitrogens with zero attached hydrogens (tertiary/aromatic N) is 1. The highest BCUT2D eigenvalue weighted by Gasteiger charge is 2.21. The van der Waals surface area contributed by atoms with Gasteiger partial charge in [0.2, 0.25) is 5.91 Å². The third-order valence-corrected chi connectivity index (χ3v) is 5.84. The molecule has 172 valence electrons. The first kappa shape index (κ1) is 22.8. The molecule has 0 saturated carbocycles. The van der Waals surface area contributed by atoms with Gasteiger partial charge in [-0.2, -0.15) is 0 Å². The van der Waals surface area contributed by atoms with E-state index in [1.807, 2.05) is 0 Å². The summed E-state index contributed by atoms with van der Waals surface area (Å²) in [7, 11) is 0. The van der Waals surface area contributed by atoms with Gasteiger partial charge in [0, 0.05) is 39.6 Å². The second-order valence-corrected chi connectivity index (χ2v) is 8.34. The molecule has 0 bridgehead atoms. The number of pyridine rings is 1. The van der Waals surface area contributed by atoms with E-state index in [0.717, 1.165) is 19.4 Å². The minimum Gasteiger partial charge on any atom is -0.507 e. The predicted octanol–water partition coefficient (Wildman–Crippen LogP) is 4.27. The van der Waals surface area contributed by atoms with Crippen molar-refractivity contribution in [3.05, 3.63) is 64.7 Å². The second-order valence-electron chi connectivity index (χ2n) is 7.90. The van der Waals surface area contributed by atoms with E-state index in [1.165, 1.54) is 6.07 Å². The summed E-state index contributed by atoms with van der Waals surface area (Å²) in [6, 6.07) is 13.2. The highest BCUT2D eigenvalue weighted by atomic mass is 35.5. The lowest BCUT2D eigenvalue weighted by atomic mass is 10.1. The van der Waals surface area contributed by atoms with Gasteiger partial charge in [0.05, 0.1) is 11.7 Å². The molecule has 1 fully saturated rings. The van der Waals surface area contributed by atoms with Crippen LogP contribution in [0.25, 0.3) is 11.3 Å². The lowest BCUT2D eigenvalue weighted by molar-refractivity contribution is -0.122. The summed E-state index contributed by atoms with van der Waals surface area (Å²) >= 11 is 5.95. The van der Waals surface area contributed by atoms with Crippen LogP contribution in [0.1, 0.15) is 24.0 Å². The fourth-order valence-electron chi connectivity index (χ4n) is 3.79. The highest BCUT2D eigenvalue weighted by molar-refractivity contribution is 6.30. The number of nitrogen functional groups attached to an aromatic ring is 1. The Morgan fingerprint density at radius 3 is 2.79 bits per heavy atom. The number of phenols is 1. The number of anilines is 3. The van der Waals surface area contributed by atoms with Gasteiger partial charge < -0.3 is 26.8 Å². The zero-order valence-electron chi connectivity index (χ0n) is 17.9. The lowest BCUT2D eigenvalue weighted by Crippen LogP contribution is -2.40. The number of carbonyl (C=O) groups is 1. The maximum absolute atomic E-state index is 13.4. The Bertz CT molecular complexity index is 1170. The molecular weight excluding hydrogens is 445 g/mol. The van der Waals surface area contributed by atoms with Crippen molar-refractivity contribution in [2.45, 2.75) is 32.1 Å². The van der Waals surface area contributed by atoms with E-state index in [9.17, 15) is 14.3 Å². The van der Waals surface area contributed by atoms with Crippen LogP contribution in [-0.2, 0) is 18.0 Å². The van der Waals surface area contributed by atoms with E-state index in [2.05, 4.69) is 20.9 Å². The van der Waals surface area contributed by atoms with Gasteiger partial charge in [-0.25, -0.2) is 9.37 Å². The molecule has 1 amide bonds. The van der Waals surface area contributed by atoms with Crippen LogP contribution in [0.4, 0.5) is 21.6 Å². The molecule has 1 aromatic heterocycles. The molecule has 3 aromatic rings. The molecule has 0 radical (unpaired) electrons. The summed E-state index contributed by atoms with van der Waals surface area (Å²) < 4.78 is 13.4. The van der Waals surface area contributed by atoms with Crippen molar-refractivity contribution in [3.63, 3.8) is 0 Å². The number of hydrogen-bond donors (Lipinski definition) is 5. The zero-order valence-corrected chi connectivity index (χ0v) is 18.6. The number of alkyl halides is 1. The largest absolute Gasteiger partial charge is 0.507 e. The fourth-order valence-corrected chi connectivity index (χ4v) is 3.98. The van der Waals surface area contributed by atoms with E-state index < -0.39 is 6.67 Å². The number of nitrogens with one attached hydrogen (secondary N) is 3. The summed E-state index contributed by atoms with van der Waals surface area (Å²) in [5.41, 5.74) is 9.41. The van der Waals surface area contributed by atoms with Crippen molar-refractivity contribution in [2.24, 2.45) is 0 Å². The van der Waals surface area contributed by atoms with Gasteiger partial charge in [0.25, 0.3) is 0 Å². The monoisotopic (exact) mass is 469 g/mol. The number of amides is 1. The Balaban J connectivity index is 1.51. The van der Waals surface area contributed by atoms with Crippen LogP contribution in [0.2, 0.25) is 5.02 Å². The quantitative estimate of drug-likeness (QED) is 0.330. The normalized spacial score (nSPS) is 15.4. The lowest BCUT2D eigenvalue weighted by Gasteiger charge is -2.14. The van der Waals surface area contributed by atoms with Gasteiger partial charge in [-0.3, -0.25) is 4.79 Å². The predicted molar refractivity (Wildman–Crippen MR) is 128 cm³/mol. The van der Waals surface area contributed by atoms with Gasteiger partial charge >= 0.3 is 0 Å². The van der Waals surface area contributed by atoms with E-state index in [0.29, 0.717) is 38.8 Å². The molecule has 2 aromatic carbocycles. The minimum atomic E-state index is -0.666. The Hall–Kier alpha value is -3.36. The van der Waals surface area contributed by atoms with Crippen LogP contribution in [0.15, 0.2) is 48.5 Å². The van der Waals surface area contributed by atoms with Crippen LogP contribution in [0.3, 0.4) is 0 Å². The van der Waals surface area contributed by atoms with E-state index in [-0.39, 0.29) is 30.1 Å². The van der Waals surface area contributed by atoms with Crippen molar-refractivity contribution >= 4 is 34.7 Å². The molecule has 4 rings (SSSR count). The molecule has 0 aliphatic carbocycles. The molecule has 33 heavy (non-hydrogen) atoms. The van der Waals surface area contributed by atoms with Crippen LogP contribution >= 0.6 is 11.6 Å². The Morgan fingerprint density at radius 1 is 1.21 bits per heavy atom. The van der Waals surface area contributed by atoms with Gasteiger partial charge in [0.1, 0.15) is 18.2 Å². The molecule has 0 spiro atoms. The molecule has 6 N–H and O–H groups in total. The van der Waals surface area contributed by atoms with Crippen molar-refractivity contribution < 1.29 is 14.3 Å². The van der Waals surface area contributed by atoms with Gasteiger partial charge in [-0.05, 0) is 61.9 Å². The molecule has 7 nitrogen and oxygen atoms in total. The number of benzene rings is 2. The summed E-state index contributed by atoms with van der Waals surface area (Å²) in [6.07, 6.45) is 1.81. The first-order valence-corrected chi connectivity index (χ1v) is 11.0. The molecule has 9 heteroatoms. The molecule has 0 unspecified atom stereocenters. The summed E-state index contributed by atoms with van der Waals surface area (Å²) in [6.45, 7) is 0.452. The first-order chi connectivity index (χ1) is 15.9. The topological polar surface area (TPSA) is 112 Å². The van der Waals surface area contributed by atoms with Crippen molar-refractivity contribution in [1.82, 2.24) is 15.6 Å². The Labute approximate surface area is 196 Å². The zero-order chi connectivity index (χ0) is 23.4. The smallest absolute Gasteiger partial charge is 0.237 e. The first-order valence-electron chi connectivity index (χ1n) is 10.7. The van der Waals surface area contributed by atoms with Crippen molar-refractivity contribution in [2.75, 3.05) is 17.6 Å². The summed E-state index contributed by atoms with van der Waals surface area (Å²) in [4.78, 5) is 16.6. The molecule has 1 atom stereocenters. The van der Waals surface area contributed by atoms with Crippen LogP contribution in [0, 0.1) is 0 Å². The molecule has 1 aliphatic heterocycles. The maximum Gasteiger partial charge on any atom is 0.237 e. The van der Waals surface area contributed by atoms with Crippen molar-refractivity contribution in [3.8, 4) is 17.0 Å². The summed E-state index contributed by atoms with van der Waals surface area (Å²) in [5.74, 6) is 0.243. The molecular formula is C24H25ClFN5O2. The average Bonchev–Trinajstić information content (AvgIpc) is 3.35. The van der Waals surface area contributed by atoms with Crippen LogP contribution < -0.4 is 21.7 Å². The number of aromatic hydroxyl groups is 1. The third kappa shape index (κ3) is 5.35. The molecule has 1 aliphatic rings. The number of phenolic OH excluding ortho intramolecular Hbond substituents is 1. The Kier molecular flexibility index (Phi) is 6.96. The highest BCUT2D eigenvalue weighted by Crippen LogP contribution is 2.33. The SMILES string of the molecule is Nc1nc(-c2cc(Nc3ccc(Cl)cc3CF)ccc2O)ccc1CNC(=O)[C@H]1CCCN1. The number of aromatic nitrogens is 1. The average molecular weight is 470 g/mol. The van der Waals surface area contributed by atoms with Gasteiger partial charge in [-0.1, -0.05) is 17.7 Å². The summed E-state index contributed by atoms with van der Waals surface area (Å²) in [5, 5.41) is 20.0. The number of halogens is 2. The number of nitrogens with two attached hydrogens (primary N) is 1. The fraction of sp³-hybridized carbons (Fsp3) is 0.250. The second kappa shape index (κ2) is 10.1. The van der Waals surface area contributed by atoms with E-state index >= 15 is 0 Å². The number of hydrogen-bond acceptors (Lipinski definition) is 6. The van der Waals surface area contributed by atoms with Gasteiger partial charge in [0.15, 0.2) is 0 Å². The van der Waals surface area contributed by atoms with E-state index in [1.54, 1.807) is 42.5 Å². The van der Waals surface area contributed by atoms with Crippen LogP contribution in [-0.4, -0.2) is 28.6 Å². The van der Waals surface area contributed by atoms with Gasteiger partial charge in [-0.15, -0.1) is 0 Å². The third-order valence-electron chi connectivity index (χ3n) is 5.60. The standard InChI is InChI=1S/C24H25ClFN5O2/c25-16-4-7-19(15(10-16)12-26)30-17-5-8-22(32)18(11-17)20-6-3-14(23(27)31-20)13-29-24(33)21-2-1-9-28-21/h3-8,10-11,21,28,30,32H,1-2,9,12-13H2,(H2,27,31)(H,29,33)/t21-/m1/s1. The molecule has 2 heterocycles. The number of carbonyl (C=O) groups excluding carboxylic acids is 1. The van der Waals surface area contributed by atoms with Crippen molar-refractivity contribution in [1.29, 1.82) is 0 Å². The maximum atomic E-state index is 13.4.